The van der Waals surface area contributed by atoms with Gasteiger partial charge in [-0.1, -0.05) is 13.8 Å². The number of esters is 2. The van der Waals surface area contributed by atoms with Gasteiger partial charge in [-0.05, 0) is 25.7 Å². The number of ether oxygens (including phenoxy) is 2. The predicted molar refractivity (Wildman–Crippen MR) is 82.8 cm³/mol. The van der Waals surface area contributed by atoms with E-state index < -0.39 is 0 Å². The first kappa shape index (κ1) is 19.9. The number of hydrogen-bond donors (Lipinski definition) is 0. The molecule has 124 valence electrons. The molecule has 0 atom stereocenters. The molecule has 21 heavy (non-hydrogen) atoms. The average Bonchev–Trinajstić information content (AvgIpc) is 2.45. The van der Waals surface area contributed by atoms with Crippen molar-refractivity contribution in [2.24, 2.45) is 0 Å². The molecular formula is C16H32NO4+. The van der Waals surface area contributed by atoms with Gasteiger partial charge < -0.3 is 14.0 Å². The molecule has 0 bridgehead atoms. The highest BCUT2D eigenvalue weighted by Gasteiger charge is 2.14. The van der Waals surface area contributed by atoms with Crippen LogP contribution in [-0.2, 0) is 19.1 Å². The van der Waals surface area contributed by atoms with Crippen molar-refractivity contribution < 1.29 is 23.5 Å². The molecule has 0 aliphatic rings. The molecule has 0 aromatic heterocycles. The van der Waals surface area contributed by atoms with E-state index in [1.807, 2.05) is 0 Å². The van der Waals surface area contributed by atoms with E-state index in [1.165, 1.54) is 0 Å². The number of carbonyl (C=O) groups excluding carboxylic acids is 2. The van der Waals surface area contributed by atoms with E-state index in [2.05, 4.69) is 14.1 Å². The van der Waals surface area contributed by atoms with Gasteiger partial charge in [0, 0.05) is 12.8 Å². The normalized spacial score (nSPS) is 11.2. The van der Waals surface area contributed by atoms with Gasteiger partial charge in [-0.2, -0.15) is 0 Å². The summed E-state index contributed by atoms with van der Waals surface area (Å²) < 4.78 is 11.1. The monoisotopic (exact) mass is 302 g/mol. The summed E-state index contributed by atoms with van der Waals surface area (Å²) in [7, 11) is 4.41. The number of nitrogens with zero attached hydrogens (tertiary/aromatic N) is 1. The zero-order valence-electron chi connectivity index (χ0n) is 14.2. The molecule has 0 heterocycles. The number of carbonyl (C=O) groups is 2. The maximum absolute atomic E-state index is 11.0. The summed E-state index contributed by atoms with van der Waals surface area (Å²) in [6.45, 7) is 6.80. The van der Waals surface area contributed by atoms with Crippen molar-refractivity contribution in [2.75, 3.05) is 40.4 Å². The fourth-order valence-corrected chi connectivity index (χ4v) is 1.97. The molecule has 0 radical (unpaired) electrons. The average molecular weight is 302 g/mol. The van der Waals surface area contributed by atoms with Crippen LogP contribution in [0.15, 0.2) is 0 Å². The lowest BCUT2D eigenvalue weighted by atomic mass is 10.2. The van der Waals surface area contributed by atoms with Crippen LogP contribution < -0.4 is 0 Å². The summed E-state index contributed by atoms with van der Waals surface area (Å²) in [5.41, 5.74) is 0. The predicted octanol–water partition coefficient (Wildman–Crippen LogP) is 2.53. The Hall–Kier alpha value is -1.10. The third-order valence-corrected chi connectivity index (χ3v) is 3.42. The van der Waals surface area contributed by atoms with Crippen LogP contribution in [0, 0.1) is 0 Å². The number of hydrogen-bond acceptors (Lipinski definition) is 4. The standard InChI is InChI=1S/C16H32NO4/c1-5-15(18)20-13-9-7-11-17(3,4)12-8-10-14-21-16(19)6-2/h5-14H2,1-4H3/q+1. The van der Waals surface area contributed by atoms with Gasteiger partial charge in [0.1, 0.15) is 0 Å². The van der Waals surface area contributed by atoms with Crippen molar-refractivity contribution in [1.82, 2.24) is 0 Å². The lowest BCUT2D eigenvalue weighted by Crippen LogP contribution is -2.41. The molecule has 0 aromatic carbocycles. The maximum atomic E-state index is 11.0. The van der Waals surface area contributed by atoms with Gasteiger partial charge in [0.15, 0.2) is 0 Å². The number of unbranched alkanes of at least 4 members (excludes halogenated alkanes) is 2. The van der Waals surface area contributed by atoms with Crippen molar-refractivity contribution >= 4 is 11.9 Å². The Morgan fingerprint density at radius 2 is 1.14 bits per heavy atom. The largest absolute Gasteiger partial charge is 0.466 e. The second-order valence-corrected chi connectivity index (χ2v) is 5.95. The Kier molecular flexibility index (Phi) is 10.9. The lowest BCUT2D eigenvalue weighted by Gasteiger charge is -2.29. The number of rotatable bonds is 12. The Morgan fingerprint density at radius 3 is 1.48 bits per heavy atom. The van der Waals surface area contributed by atoms with Crippen molar-refractivity contribution in [3.05, 3.63) is 0 Å². The summed E-state index contributed by atoms with van der Waals surface area (Å²) in [4.78, 5) is 22.0. The van der Waals surface area contributed by atoms with Gasteiger partial charge in [0.25, 0.3) is 0 Å². The second-order valence-electron chi connectivity index (χ2n) is 5.95. The summed E-state index contributed by atoms with van der Waals surface area (Å²) in [6.07, 6.45) is 4.83. The topological polar surface area (TPSA) is 52.6 Å². The molecule has 0 amide bonds. The Labute approximate surface area is 129 Å². The summed E-state index contributed by atoms with van der Waals surface area (Å²) in [6, 6.07) is 0. The van der Waals surface area contributed by atoms with Crippen LogP contribution in [0.3, 0.4) is 0 Å². The van der Waals surface area contributed by atoms with Gasteiger partial charge in [-0.25, -0.2) is 0 Å². The van der Waals surface area contributed by atoms with Crippen LogP contribution in [0.4, 0.5) is 0 Å². The summed E-state index contributed by atoms with van der Waals surface area (Å²) >= 11 is 0. The van der Waals surface area contributed by atoms with E-state index in [0.29, 0.717) is 26.1 Å². The molecular weight excluding hydrogens is 270 g/mol. The molecule has 0 saturated carbocycles. The fraction of sp³-hybridized carbons (Fsp3) is 0.875. The molecule has 5 heteroatoms. The van der Waals surface area contributed by atoms with Gasteiger partial charge in [0.2, 0.25) is 0 Å². The van der Waals surface area contributed by atoms with Crippen LogP contribution >= 0.6 is 0 Å². The van der Waals surface area contributed by atoms with Crippen molar-refractivity contribution in [3.63, 3.8) is 0 Å². The van der Waals surface area contributed by atoms with Gasteiger partial charge in [0.05, 0.1) is 40.4 Å². The highest BCUT2D eigenvalue weighted by atomic mass is 16.5. The van der Waals surface area contributed by atoms with E-state index in [9.17, 15) is 9.59 Å². The highest BCUT2D eigenvalue weighted by molar-refractivity contribution is 5.69. The first-order valence-electron chi connectivity index (χ1n) is 8.04. The molecule has 5 nitrogen and oxygen atoms in total. The quantitative estimate of drug-likeness (QED) is 0.316. The highest BCUT2D eigenvalue weighted by Crippen LogP contribution is 2.06. The molecule has 0 fully saturated rings. The van der Waals surface area contributed by atoms with Crippen LogP contribution in [0.5, 0.6) is 0 Å². The Balaban J connectivity index is 3.55. The Bertz CT molecular complexity index is 275. The van der Waals surface area contributed by atoms with Crippen LogP contribution in [-0.4, -0.2) is 56.8 Å². The molecule has 0 aromatic rings. The maximum Gasteiger partial charge on any atom is 0.305 e. The van der Waals surface area contributed by atoms with E-state index in [4.69, 9.17) is 9.47 Å². The second kappa shape index (κ2) is 11.5. The zero-order valence-corrected chi connectivity index (χ0v) is 14.2. The molecule has 0 N–H and O–H groups in total. The first-order chi connectivity index (χ1) is 9.91. The van der Waals surface area contributed by atoms with Crippen molar-refractivity contribution in [1.29, 1.82) is 0 Å². The van der Waals surface area contributed by atoms with Gasteiger partial charge in [-0.15, -0.1) is 0 Å². The van der Waals surface area contributed by atoms with Crippen molar-refractivity contribution in [2.45, 2.75) is 52.4 Å². The Morgan fingerprint density at radius 1 is 0.762 bits per heavy atom. The fourth-order valence-electron chi connectivity index (χ4n) is 1.97. The minimum absolute atomic E-state index is 0.120. The van der Waals surface area contributed by atoms with Crippen LogP contribution in [0.25, 0.3) is 0 Å². The van der Waals surface area contributed by atoms with Crippen LogP contribution in [0.1, 0.15) is 52.4 Å². The van der Waals surface area contributed by atoms with E-state index in [1.54, 1.807) is 13.8 Å². The number of quaternary nitrogens is 1. The molecule has 0 unspecified atom stereocenters. The van der Waals surface area contributed by atoms with Gasteiger partial charge in [-0.3, -0.25) is 9.59 Å². The van der Waals surface area contributed by atoms with E-state index in [-0.39, 0.29) is 11.9 Å². The molecule has 0 rings (SSSR count). The van der Waals surface area contributed by atoms with E-state index in [0.717, 1.165) is 43.3 Å². The smallest absolute Gasteiger partial charge is 0.305 e. The SMILES string of the molecule is CCC(=O)OCCCC[N+](C)(C)CCCCOC(=O)CC. The molecule has 0 spiro atoms. The lowest BCUT2D eigenvalue weighted by molar-refractivity contribution is -0.890. The summed E-state index contributed by atoms with van der Waals surface area (Å²) in [5.74, 6) is -0.240. The minimum atomic E-state index is -0.120. The first-order valence-corrected chi connectivity index (χ1v) is 8.04. The third-order valence-electron chi connectivity index (χ3n) is 3.42. The molecule has 0 aliphatic heterocycles. The third kappa shape index (κ3) is 12.4. The molecule has 0 saturated heterocycles. The van der Waals surface area contributed by atoms with Crippen LogP contribution in [0.2, 0.25) is 0 Å². The summed E-state index contributed by atoms with van der Waals surface area (Å²) in [5, 5.41) is 0. The molecule has 0 aliphatic carbocycles. The van der Waals surface area contributed by atoms with E-state index >= 15 is 0 Å². The van der Waals surface area contributed by atoms with Crippen molar-refractivity contribution in [3.8, 4) is 0 Å². The zero-order chi connectivity index (χ0) is 16.1. The van der Waals surface area contributed by atoms with Gasteiger partial charge >= 0.3 is 11.9 Å². The minimum Gasteiger partial charge on any atom is -0.466 e.